The number of rotatable bonds is 6. The summed E-state index contributed by atoms with van der Waals surface area (Å²) in [7, 11) is 3.42. The Bertz CT molecular complexity index is 601. The molecular formula is C16H20N4O2. The van der Waals surface area contributed by atoms with Crippen LogP contribution in [0, 0.1) is 0 Å². The molecule has 0 radical (unpaired) electrons. The Hall–Kier alpha value is -2.47. The van der Waals surface area contributed by atoms with Gasteiger partial charge in [-0.2, -0.15) is 0 Å². The van der Waals surface area contributed by atoms with Crippen LogP contribution < -0.4 is 5.32 Å². The second kappa shape index (κ2) is 7.51. The molecule has 1 atom stereocenters. The number of benzene rings is 1. The van der Waals surface area contributed by atoms with Gasteiger partial charge in [-0.3, -0.25) is 4.79 Å². The normalized spacial score (nSPS) is 11.8. The van der Waals surface area contributed by atoms with E-state index in [1.807, 2.05) is 30.3 Å². The maximum absolute atomic E-state index is 12.2. The van der Waals surface area contributed by atoms with Crippen molar-refractivity contribution in [1.29, 1.82) is 0 Å². The van der Waals surface area contributed by atoms with Crippen LogP contribution in [0.5, 0.6) is 0 Å². The van der Waals surface area contributed by atoms with E-state index in [1.165, 1.54) is 12.4 Å². The Morgan fingerprint density at radius 3 is 2.50 bits per heavy atom. The first-order chi connectivity index (χ1) is 10.6. The van der Waals surface area contributed by atoms with Gasteiger partial charge in [0.05, 0.1) is 11.7 Å². The van der Waals surface area contributed by atoms with E-state index < -0.39 is 6.10 Å². The van der Waals surface area contributed by atoms with E-state index in [2.05, 4.69) is 15.3 Å². The number of aliphatic hydroxyl groups excluding tert-OH is 1. The first kappa shape index (κ1) is 15.9. The fourth-order valence-corrected chi connectivity index (χ4v) is 2.05. The lowest BCUT2D eigenvalue weighted by atomic mass is 10.1. The Kier molecular flexibility index (Phi) is 5.43. The molecule has 0 bridgehead atoms. The van der Waals surface area contributed by atoms with E-state index in [-0.39, 0.29) is 5.91 Å². The molecule has 22 heavy (non-hydrogen) atoms. The summed E-state index contributed by atoms with van der Waals surface area (Å²) < 4.78 is 0. The van der Waals surface area contributed by atoms with Gasteiger partial charge in [0.1, 0.15) is 0 Å². The lowest BCUT2D eigenvalue weighted by Crippen LogP contribution is -2.29. The molecule has 1 aromatic carbocycles. The SMILES string of the molecule is CNc1ncc(C(=O)N(C)CC[C@H](O)c2ccccc2)cn1. The van der Waals surface area contributed by atoms with Gasteiger partial charge >= 0.3 is 0 Å². The second-order valence-electron chi connectivity index (χ2n) is 4.99. The highest BCUT2D eigenvalue weighted by atomic mass is 16.3. The van der Waals surface area contributed by atoms with Gasteiger partial charge in [0.15, 0.2) is 0 Å². The molecule has 6 nitrogen and oxygen atoms in total. The van der Waals surface area contributed by atoms with Gasteiger partial charge in [0.25, 0.3) is 5.91 Å². The molecule has 0 spiro atoms. The van der Waals surface area contributed by atoms with E-state index in [0.717, 1.165) is 5.56 Å². The summed E-state index contributed by atoms with van der Waals surface area (Å²) in [5.74, 6) is 0.307. The van der Waals surface area contributed by atoms with Crippen molar-refractivity contribution in [3.63, 3.8) is 0 Å². The smallest absolute Gasteiger partial charge is 0.256 e. The molecule has 0 aliphatic carbocycles. The molecule has 2 N–H and O–H groups in total. The number of carbonyl (C=O) groups is 1. The lowest BCUT2D eigenvalue weighted by molar-refractivity contribution is 0.0760. The molecule has 0 aliphatic heterocycles. The van der Waals surface area contributed by atoms with Crippen molar-refractivity contribution >= 4 is 11.9 Å². The highest BCUT2D eigenvalue weighted by Gasteiger charge is 2.15. The van der Waals surface area contributed by atoms with Crippen LogP contribution in [-0.2, 0) is 0 Å². The average Bonchev–Trinajstić information content (AvgIpc) is 2.59. The summed E-state index contributed by atoms with van der Waals surface area (Å²) in [4.78, 5) is 21.8. The van der Waals surface area contributed by atoms with Gasteiger partial charge in [0, 0.05) is 33.0 Å². The lowest BCUT2D eigenvalue weighted by Gasteiger charge is -2.19. The first-order valence-corrected chi connectivity index (χ1v) is 7.10. The topological polar surface area (TPSA) is 78.4 Å². The molecule has 6 heteroatoms. The van der Waals surface area contributed by atoms with Crippen molar-refractivity contribution in [3.05, 3.63) is 53.9 Å². The van der Waals surface area contributed by atoms with Crippen molar-refractivity contribution in [2.24, 2.45) is 0 Å². The van der Waals surface area contributed by atoms with Crippen LogP contribution >= 0.6 is 0 Å². The van der Waals surface area contributed by atoms with E-state index in [1.54, 1.807) is 19.0 Å². The third kappa shape index (κ3) is 4.02. The van der Waals surface area contributed by atoms with Crippen molar-refractivity contribution in [3.8, 4) is 0 Å². The fourth-order valence-electron chi connectivity index (χ4n) is 2.05. The number of hydrogen-bond acceptors (Lipinski definition) is 5. The Morgan fingerprint density at radius 2 is 1.91 bits per heavy atom. The highest BCUT2D eigenvalue weighted by molar-refractivity contribution is 5.93. The maximum Gasteiger partial charge on any atom is 0.256 e. The van der Waals surface area contributed by atoms with Crippen molar-refractivity contribution in [2.45, 2.75) is 12.5 Å². The molecule has 2 aromatic rings. The van der Waals surface area contributed by atoms with Crippen LogP contribution in [0.4, 0.5) is 5.95 Å². The molecule has 0 unspecified atom stereocenters. The molecule has 116 valence electrons. The van der Waals surface area contributed by atoms with Crippen LogP contribution in [0.15, 0.2) is 42.7 Å². The number of hydrogen-bond donors (Lipinski definition) is 2. The standard InChI is InChI=1S/C16H20N4O2/c1-17-16-18-10-13(11-19-16)15(22)20(2)9-8-14(21)12-6-4-3-5-7-12/h3-7,10-11,14,21H,8-9H2,1-2H3,(H,17,18,19)/t14-/m0/s1. The summed E-state index contributed by atoms with van der Waals surface area (Å²) in [6, 6.07) is 9.41. The quantitative estimate of drug-likeness (QED) is 0.849. The monoisotopic (exact) mass is 300 g/mol. The van der Waals surface area contributed by atoms with Gasteiger partial charge in [-0.15, -0.1) is 0 Å². The maximum atomic E-state index is 12.2. The molecule has 0 fully saturated rings. The van der Waals surface area contributed by atoms with Gasteiger partial charge in [-0.05, 0) is 12.0 Å². The number of nitrogens with zero attached hydrogens (tertiary/aromatic N) is 3. The van der Waals surface area contributed by atoms with E-state index >= 15 is 0 Å². The summed E-state index contributed by atoms with van der Waals surface area (Å²) >= 11 is 0. The number of nitrogens with one attached hydrogen (secondary N) is 1. The van der Waals surface area contributed by atoms with Crippen LogP contribution in [-0.4, -0.2) is 46.5 Å². The largest absolute Gasteiger partial charge is 0.388 e. The van der Waals surface area contributed by atoms with Gasteiger partial charge < -0.3 is 15.3 Å². The van der Waals surface area contributed by atoms with Crippen LogP contribution in [0.25, 0.3) is 0 Å². The van der Waals surface area contributed by atoms with Gasteiger partial charge in [0.2, 0.25) is 5.95 Å². The predicted molar refractivity (Wildman–Crippen MR) is 84.6 cm³/mol. The third-order valence-corrected chi connectivity index (χ3v) is 3.39. The minimum Gasteiger partial charge on any atom is -0.388 e. The van der Waals surface area contributed by atoms with Crippen LogP contribution in [0.1, 0.15) is 28.4 Å². The Morgan fingerprint density at radius 1 is 1.27 bits per heavy atom. The zero-order valence-electron chi connectivity index (χ0n) is 12.7. The van der Waals surface area contributed by atoms with Crippen molar-refractivity contribution < 1.29 is 9.90 Å². The summed E-state index contributed by atoms with van der Waals surface area (Å²) in [5, 5.41) is 12.9. The highest BCUT2D eigenvalue weighted by Crippen LogP contribution is 2.16. The van der Waals surface area contributed by atoms with E-state index in [0.29, 0.717) is 24.5 Å². The fraction of sp³-hybridized carbons (Fsp3) is 0.312. The molecule has 2 rings (SSSR count). The van der Waals surface area contributed by atoms with Crippen LogP contribution in [0.2, 0.25) is 0 Å². The van der Waals surface area contributed by atoms with E-state index in [9.17, 15) is 9.90 Å². The number of carbonyl (C=O) groups excluding carboxylic acids is 1. The Labute approximate surface area is 129 Å². The molecule has 1 aromatic heterocycles. The number of amides is 1. The third-order valence-electron chi connectivity index (χ3n) is 3.39. The predicted octanol–water partition coefficient (Wildman–Crippen LogP) is 1.71. The zero-order chi connectivity index (χ0) is 15.9. The number of aromatic nitrogens is 2. The molecular weight excluding hydrogens is 280 g/mol. The number of aliphatic hydroxyl groups is 1. The van der Waals surface area contributed by atoms with Gasteiger partial charge in [-0.1, -0.05) is 30.3 Å². The van der Waals surface area contributed by atoms with E-state index in [4.69, 9.17) is 0 Å². The average molecular weight is 300 g/mol. The summed E-state index contributed by atoms with van der Waals surface area (Å²) in [6.45, 7) is 0.447. The minimum atomic E-state index is -0.584. The molecule has 1 amide bonds. The van der Waals surface area contributed by atoms with Crippen molar-refractivity contribution in [2.75, 3.05) is 26.0 Å². The summed E-state index contributed by atoms with van der Waals surface area (Å²) in [5.41, 5.74) is 1.28. The molecule has 0 saturated carbocycles. The molecule has 1 heterocycles. The number of anilines is 1. The van der Waals surface area contributed by atoms with Crippen LogP contribution in [0.3, 0.4) is 0 Å². The zero-order valence-corrected chi connectivity index (χ0v) is 12.7. The summed E-state index contributed by atoms with van der Waals surface area (Å²) in [6.07, 6.45) is 2.87. The first-order valence-electron chi connectivity index (χ1n) is 7.10. The van der Waals surface area contributed by atoms with Crippen molar-refractivity contribution in [1.82, 2.24) is 14.9 Å². The Balaban J connectivity index is 1.91. The second-order valence-corrected chi connectivity index (χ2v) is 4.99. The van der Waals surface area contributed by atoms with Gasteiger partial charge in [-0.25, -0.2) is 9.97 Å². The minimum absolute atomic E-state index is 0.164. The molecule has 0 saturated heterocycles. The molecule has 0 aliphatic rings.